The second-order valence-corrected chi connectivity index (χ2v) is 7.37. The van der Waals surface area contributed by atoms with Crippen LogP contribution in [0.5, 0.6) is 0 Å². The van der Waals surface area contributed by atoms with Crippen LogP contribution in [0.4, 0.5) is 18.9 Å². The molecule has 0 heterocycles. The molecule has 0 aromatic heterocycles. The van der Waals surface area contributed by atoms with Crippen molar-refractivity contribution in [2.24, 2.45) is 5.10 Å². The van der Waals surface area contributed by atoms with Crippen molar-refractivity contribution in [3.8, 4) is 0 Å². The van der Waals surface area contributed by atoms with Crippen LogP contribution in [-0.4, -0.2) is 5.71 Å². The van der Waals surface area contributed by atoms with Crippen LogP contribution >= 0.6 is 11.6 Å². The molecule has 1 aliphatic carbocycles. The van der Waals surface area contributed by atoms with E-state index < -0.39 is 11.7 Å². The van der Waals surface area contributed by atoms with Gasteiger partial charge in [-0.15, -0.1) is 0 Å². The molecule has 1 aliphatic rings. The fraction of sp³-hybridized carbons (Fsp3) is 0.381. The molecule has 2 aromatic carbocycles. The van der Waals surface area contributed by atoms with Gasteiger partial charge >= 0.3 is 6.18 Å². The Morgan fingerprint density at radius 1 is 1.04 bits per heavy atom. The fourth-order valence-electron chi connectivity index (χ4n) is 3.43. The number of nitrogens with zero attached hydrogens (tertiary/aromatic N) is 1. The SMILES string of the molecule is C/C(=N/Nc1cc(C(F)(F)F)ccc1Cl)c1ccc(C2CCCCC2)cc1. The molecule has 0 amide bonds. The lowest BCUT2D eigenvalue weighted by molar-refractivity contribution is -0.137. The Hall–Kier alpha value is -2.01. The molecule has 0 unspecified atom stereocenters. The minimum absolute atomic E-state index is 0.129. The maximum atomic E-state index is 12.8. The molecule has 0 spiro atoms. The summed E-state index contributed by atoms with van der Waals surface area (Å²) in [5, 5.41) is 4.39. The molecular formula is C21H22ClF3N2. The van der Waals surface area contributed by atoms with Crippen molar-refractivity contribution in [3.05, 3.63) is 64.2 Å². The van der Waals surface area contributed by atoms with Gasteiger partial charge in [-0.05, 0) is 55.0 Å². The number of anilines is 1. The number of hydrogen-bond acceptors (Lipinski definition) is 2. The predicted molar refractivity (Wildman–Crippen MR) is 105 cm³/mol. The van der Waals surface area contributed by atoms with E-state index in [0.29, 0.717) is 11.6 Å². The number of alkyl halides is 3. The quantitative estimate of drug-likeness (QED) is 0.428. The summed E-state index contributed by atoms with van der Waals surface area (Å²) < 4.78 is 38.5. The first-order valence-electron chi connectivity index (χ1n) is 9.12. The minimum Gasteiger partial charge on any atom is -0.277 e. The Bertz CT molecular complexity index is 807. The first kappa shape index (κ1) is 19.7. The van der Waals surface area contributed by atoms with E-state index in [9.17, 15) is 13.2 Å². The van der Waals surface area contributed by atoms with E-state index in [1.54, 1.807) is 0 Å². The summed E-state index contributed by atoms with van der Waals surface area (Å²) in [7, 11) is 0. The molecule has 0 bridgehead atoms. The molecule has 0 atom stereocenters. The van der Waals surface area contributed by atoms with Crippen molar-refractivity contribution in [1.29, 1.82) is 0 Å². The normalized spacial score (nSPS) is 16.4. The maximum Gasteiger partial charge on any atom is 0.416 e. The lowest BCUT2D eigenvalue weighted by Gasteiger charge is -2.22. The van der Waals surface area contributed by atoms with Crippen LogP contribution in [0.3, 0.4) is 0 Å². The Labute approximate surface area is 162 Å². The summed E-state index contributed by atoms with van der Waals surface area (Å²) in [6.45, 7) is 1.81. The topological polar surface area (TPSA) is 24.4 Å². The van der Waals surface area contributed by atoms with Gasteiger partial charge in [0, 0.05) is 0 Å². The number of halogens is 4. The van der Waals surface area contributed by atoms with Crippen LogP contribution in [0.25, 0.3) is 0 Å². The third-order valence-corrected chi connectivity index (χ3v) is 5.37. The fourth-order valence-corrected chi connectivity index (χ4v) is 3.59. The lowest BCUT2D eigenvalue weighted by atomic mass is 9.84. The highest BCUT2D eigenvalue weighted by atomic mass is 35.5. The Morgan fingerprint density at radius 2 is 1.70 bits per heavy atom. The van der Waals surface area contributed by atoms with Gasteiger partial charge in [-0.3, -0.25) is 5.43 Å². The highest BCUT2D eigenvalue weighted by molar-refractivity contribution is 6.33. The van der Waals surface area contributed by atoms with Crippen LogP contribution in [-0.2, 0) is 6.18 Å². The summed E-state index contributed by atoms with van der Waals surface area (Å²) in [5.74, 6) is 0.632. The highest BCUT2D eigenvalue weighted by Crippen LogP contribution is 2.34. The van der Waals surface area contributed by atoms with Gasteiger partial charge in [0.2, 0.25) is 0 Å². The second-order valence-electron chi connectivity index (χ2n) is 6.96. The molecule has 0 saturated heterocycles. The average molecular weight is 395 g/mol. The zero-order valence-electron chi connectivity index (χ0n) is 15.1. The van der Waals surface area contributed by atoms with Gasteiger partial charge in [0.25, 0.3) is 0 Å². The first-order chi connectivity index (χ1) is 12.8. The van der Waals surface area contributed by atoms with E-state index in [4.69, 9.17) is 11.6 Å². The molecule has 2 nitrogen and oxygen atoms in total. The molecule has 3 rings (SSSR count). The van der Waals surface area contributed by atoms with Crippen LogP contribution < -0.4 is 5.43 Å². The van der Waals surface area contributed by atoms with Crippen molar-refractivity contribution >= 4 is 23.0 Å². The average Bonchev–Trinajstić information content (AvgIpc) is 2.67. The number of rotatable bonds is 4. The van der Waals surface area contributed by atoms with Gasteiger partial charge in [0.15, 0.2) is 0 Å². The Morgan fingerprint density at radius 3 is 2.33 bits per heavy atom. The van der Waals surface area contributed by atoms with E-state index in [1.165, 1.54) is 43.7 Å². The summed E-state index contributed by atoms with van der Waals surface area (Å²) in [6.07, 6.45) is 1.95. The second kappa shape index (κ2) is 8.34. The molecular weight excluding hydrogens is 373 g/mol. The standard InChI is InChI=1S/C21H22ClF3N2/c1-14(15-7-9-17(10-8-15)16-5-3-2-4-6-16)26-27-20-13-18(21(23,24)25)11-12-19(20)22/h7-13,16,27H,2-6H2,1H3/b26-14-. The zero-order valence-corrected chi connectivity index (χ0v) is 15.9. The molecule has 144 valence electrons. The number of nitrogens with one attached hydrogen (secondary N) is 1. The van der Waals surface area contributed by atoms with E-state index in [2.05, 4.69) is 22.7 Å². The van der Waals surface area contributed by atoms with E-state index in [-0.39, 0.29) is 10.7 Å². The van der Waals surface area contributed by atoms with Crippen LogP contribution in [0.1, 0.15) is 61.6 Å². The molecule has 27 heavy (non-hydrogen) atoms. The van der Waals surface area contributed by atoms with Crippen molar-refractivity contribution in [2.45, 2.75) is 51.1 Å². The molecule has 1 N–H and O–H groups in total. The molecule has 1 fully saturated rings. The predicted octanol–water partition coefficient (Wildman–Crippen LogP) is 7.24. The van der Waals surface area contributed by atoms with Gasteiger partial charge in [-0.2, -0.15) is 18.3 Å². The lowest BCUT2D eigenvalue weighted by Crippen LogP contribution is -2.07. The highest BCUT2D eigenvalue weighted by Gasteiger charge is 2.31. The smallest absolute Gasteiger partial charge is 0.277 e. The number of hydrazone groups is 1. The van der Waals surface area contributed by atoms with Crippen LogP contribution in [0.15, 0.2) is 47.6 Å². The first-order valence-corrected chi connectivity index (χ1v) is 9.50. The van der Waals surface area contributed by atoms with Gasteiger partial charge in [-0.1, -0.05) is 55.1 Å². The molecule has 1 saturated carbocycles. The van der Waals surface area contributed by atoms with Gasteiger partial charge in [-0.25, -0.2) is 0 Å². The molecule has 6 heteroatoms. The summed E-state index contributed by atoms with van der Waals surface area (Å²) in [5.41, 5.74) is 4.97. The van der Waals surface area contributed by atoms with Crippen molar-refractivity contribution < 1.29 is 13.2 Å². The monoisotopic (exact) mass is 394 g/mol. The maximum absolute atomic E-state index is 12.8. The van der Waals surface area contributed by atoms with E-state index in [1.807, 2.05) is 19.1 Å². The summed E-state index contributed by atoms with van der Waals surface area (Å²) in [4.78, 5) is 0. The zero-order chi connectivity index (χ0) is 19.4. The number of hydrogen-bond donors (Lipinski definition) is 1. The van der Waals surface area contributed by atoms with E-state index in [0.717, 1.165) is 17.7 Å². The largest absolute Gasteiger partial charge is 0.416 e. The van der Waals surface area contributed by atoms with E-state index >= 15 is 0 Å². The van der Waals surface area contributed by atoms with Gasteiger partial charge < -0.3 is 0 Å². The third kappa shape index (κ3) is 5.04. The van der Waals surface area contributed by atoms with Crippen LogP contribution in [0.2, 0.25) is 5.02 Å². The summed E-state index contributed by atoms with van der Waals surface area (Å²) in [6, 6.07) is 11.4. The minimum atomic E-state index is -4.42. The Kier molecular flexibility index (Phi) is 6.10. The molecule has 2 aromatic rings. The van der Waals surface area contributed by atoms with Crippen molar-refractivity contribution in [1.82, 2.24) is 0 Å². The number of benzene rings is 2. The molecule has 0 aliphatic heterocycles. The third-order valence-electron chi connectivity index (χ3n) is 5.04. The summed E-state index contributed by atoms with van der Waals surface area (Å²) >= 11 is 5.98. The van der Waals surface area contributed by atoms with Crippen molar-refractivity contribution in [3.63, 3.8) is 0 Å². The molecule has 0 radical (unpaired) electrons. The van der Waals surface area contributed by atoms with Gasteiger partial charge in [0.1, 0.15) is 0 Å². The van der Waals surface area contributed by atoms with Gasteiger partial charge in [0.05, 0.1) is 22.0 Å². The van der Waals surface area contributed by atoms with Crippen molar-refractivity contribution in [2.75, 3.05) is 5.43 Å². The van der Waals surface area contributed by atoms with Crippen LogP contribution in [0, 0.1) is 0 Å². The Balaban J connectivity index is 1.72.